The second-order valence-corrected chi connectivity index (χ2v) is 4.54. The average molecular weight is 306 g/mol. The zero-order chi connectivity index (χ0) is 15.7. The summed E-state index contributed by atoms with van der Waals surface area (Å²) >= 11 is 0. The lowest BCUT2D eigenvalue weighted by atomic mass is 9.96. The van der Waals surface area contributed by atoms with Crippen LogP contribution in [-0.2, 0) is 4.79 Å². The van der Waals surface area contributed by atoms with Crippen LogP contribution in [-0.4, -0.2) is 47.2 Å². The smallest absolute Gasteiger partial charge is 0.409 e. The molecule has 10 heteroatoms. The van der Waals surface area contributed by atoms with Gasteiger partial charge in [0.15, 0.2) is 0 Å². The van der Waals surface area contributed by atoms with Crippen molar-refractivity contribution >= 4 is 11.6 Å². The summed E-state index contributed by atoms with van der Waals surface area (Å²) in [4.78, 5) is 12.0. The monoisotopic (exact) mass is 306 g/mol. The van der Waals surface area contributed by atoms with Gasteiger partial charge in [0.25, 0.3) is 0 Å². The number of carbonyl (C=O) groups is 1. The fraction of sp³-hybridized carbons (Fsp3) is 0.800. The predicted molar refractivity (Wildman–Crippen MR) is 55.2 cm³/mol. The molecule has 20 heavy (non-hydrogen) atoms. The van der Waals surface area contributed by atoms with Gasteiger partial charge in [-0.2, -0.15) is 26.3 Å². The lowest BCUT2D eigenvalue weighted by molar-refractivity contribution is -0.277. The van der Waals surface area contributed by atoms with Crippen molar-refractivity contribution in [1.82, 2.24) is 4.90 Å². The molecule has 0 saturated carbocycles. The van der Waals surface area contributed by atoms with E-state index in [1.54, 1.807) is 0 Å². The van der Waals surface area contributed by atoms with Crippen molar-refractivity contribution in [3.05, 3.63) is 0 Å². The molecule has 4 nitrogen and oxygen atoms in total. The molecule has 0 bridgehead atoms. The van der Waals surface area contributed by atoms with Gasteiger partial charge in [0.05, 0.1) is 5.71 Å². The van der Waals surface area contributed by atoms with Crippen LogP contribution in [0.2, 0.25) is 0 Å². The minimum atomic E-state index is -5.69. The molecular formula is C10H12F6N2O2. The lowest BCUT2D eigenvalue weighted by Crippen LogP contribution is -2.53. The Morgan fingerprint density at radius 2 is 1.80 bits per heavy atom. The zero-order valence-electron chi connectivity index (χ0n) is 10.3. The predicted octanol–water partition coefficient (Wildman–Crippen LogP) is 2.43. The van der Waals surface area contributed by atoms with Gasteiger partial charge < -0.3 is 10.1 Å². The van der Waals surface area contributed by atoms with Crippen LogP contribution in [0.1, 0.15) is 13.3 Å². The molecule has 0 aromatic carbocycles. The number of likely N-dealkylation sites (tertiary alicyclic amines) is 1. The Hall–Kier alpha value is -1.48. The molecule has 1 N–H and O–H groups in total. The van der Waals surface area contributed by atoms with E-state index in [9.17, 15) is 31.1 Å². The van der Waals surface area contributed by atoms with Crippen LogP contribution in [0.15, 0.2) is 5.16 Å². The molecule has 0 radical (unpaired) electrons. The molecule has 0 aliphatic carbocycles. The first-order valence-electron chi connectivity index (χ1n) is 5.61. The van der Waals surface area contributed by atoms with Crippen LogP contribution in [0.5, 0.6) is 0 Å². The van der Waals surface area contributed by atoms with Gasteiger partial charge in [-0.05, 0) is 0 Å². The van der Waals surface area contributed by atoms with Crippen LogP contribution in [0, 0.1) is 11.8 Å². The van der Waals surface area contributed by atoms with Crippen molar-refractivity contribution < 1.29 is 36.3 Å². The van der Waals surface area contributed by atoms with Gasteiger partial charge in [0, 0.05) is 25.4 Å². The molecule has 1 saturated heterocycles. The maximum atomic E-state index is 12.4. The molecule has 1 heterocycles. The topological polar surface area (TPSA) is 52.9 Å². The summed E-state index contributed by atoms with van der Waals surface area (Å²) in [7, 11) is 0. The Bertz CT molecular complexity index is 390. The van der Waals surface area contributed by atoms with Gasteiger partial charge in [0.2, 0.25) is 11.8 Å². The van der Waals surface area contributed by atoms with Crippen molar-refractivity contribution in [3.63, 3.8) is 0 Å². The van der Waals surface area contributed by atoms with E-state index in [1.807, 2.05) is 0 Å². The van der Waals surface area contributed by atoms with Gasteiger partial charge in [-0.1, -0.05) is 12.1 Å². The fourth-order valence-electron chi connectivity index (χ4n) is 2.02. The van der Waals surface area contributed by atoms with Gasteiger partial charge in [-0.15, -0.1) is 0 Å². The SMILES string of the molecule is CC1CN(C(=O)C(C(F)(F)F)C(F)(F)F)CCC1=NO. The molecular weight excluding hydrogens is 294 g/mol. The van der Waals surface area contributed by atoms with E-state index in [0.29, 0.717) is 4.90 Å². The van der Waals surface area contributed by atoms with E-state index >= 15 is 0 Å². The Labute approximate surface area is 110 Å². The third-order valence-electron chi connectivity index (χ3n) is 3.04. The number of nitrogens with zero attached hydrogens (tertiary/aromatic N) is 2. The van der Waals surface area contributed by atoms with E-state index in [0.717, 1.165) is 0 Å². The normalized spacial score (nSPS) is 23.5. The number of amides is 1. The molecule has 1 fully saturated rings. The number of hydrogen-bond donors (Lipinski definition) is 1. The quantitative estimate of drug-likeness (QED) is 0.459. The molecule has 1 aliphatic heterocycles. The zero-order valence-corrected chi connectivity index (χ0v) is 10.3. The van der Waals surface area contributed by atoms with E-state index in [-0.39, 0.29) is 25.2 Å². The standard InChI is InChI=1S/C10H12F6N2O2/c1-5-4-18(3-2-6(5)17-20)8(19)7(9(11,12)13)10(14,15)16/h5,7,20H,2-4H2,1H3. The third kappa shape index (κ3) is 3.54. The number of rotatable bonds is 1. The molecule has 0 aromatic heterocycles. The first-order chi connectivity index (χ1) is 8.98. The van der Waals surface area contributed by atoms with Crippen LogP contribution in [0.4, 0.5) is 26.3 Å². The van der Waals surface area contributed by atoms with Crippen LogP contribution < -0.4 is 0 Å². The van der Waals surface area contributed by atoms with Crippen molar-refractivity contribution in [2.24, 2.45) is 17.0 Å². The molecule has 0 spiro atoms. The lowest BCUT2D eigenvalue weighted by Gasteiger charge is -2.34. The molecule has 0 aromatic rings. The highest BCUT2D eigenvalue weighted by Gasteiger charge is 2.62. The molecule has 1 unspecified atom stereocenters. The number of oxime groups is 1. The van der Waals surface area contributed by atoms with E-state index in [4.69, 9.17) is 5.21 Å². The molecule has 116 valence electrons. The largest absolute Gasteiger partial charge is 0.411 e. The Morgan fingerprint density at radius 3 is 2.15 bits per heavy atom. The summed E-state index contributed by atoms with van der Waals surface area (Å²) in [5.41, 5.74) is 0.240. The summed E-state index contributed by atoms with van der Waals surface area (Å²) in [5.74, 6) is -6.64. The van der Waals surface area contributed by atoms with Crippen molar-refractivity contribution in [2.45, 2.75) is 25.7 Å². The van der Waals surface area contributed by atoms with E-state index in [2.05, 4.69) is 5.16 Å². The maximum Gasteiger partial charge on any atom is 0.409 e. The molecule has 1 atom stereocenters. The summed E-state index contributed by atoms with van der Waals surface area (Å²) in [5, 5.41) is 11.5. The number of halogens is 6. The second-order valence-electron chi connectivity index (χ2n) is 4.54. The average Bonchev–Trinajstić information content (AvgIpc) is 2.24. The van der Waals surface area contributed by atoms with Gasteiger partial charge in [0.1, 0.15) is 0 Å². The fourth-order valence-corrected chi connectivity index (χ4v) is 2.02. The third-order valence-corrected chi connectivity index (χ3v) is 3.04. The number of carbonyl (C=O) groups excluding carboxylic acids is 1. The Morgan fingerprint density at radius 1 is 1.30 bits per heavy atom. The molecule has 1 rings (SSSR count). The van der Waals surface area contributed by atoms with Crippen molar-refractivity contribution in [2.75, 3.05) is 13.1 Å². The van der Waals surface area contributed by atoms with Crippen molar-refractivity contribution in [1.29, 1.82) is 0 Å². The summed E-state index contributed by atoms with van der Waals surface area (Å²) in [6, 6.07) is 0. The summed E-state index contributed by atoms with van der Waals surface area (Å²) in [6.45, 7) is 0.761. The molecule has 1 amide bonds. The highest BCUT2D eigenvalue weighted by atomic mass is 19.4. The number of piperidine rings is 1. The van der Waals surface area contributed by atoms with E-state index < -0.39 is 30.1 Å². The van der Waals surface area contributed by atoms with Crippen LogP contribution in [0.3, 0.4) is 0 Å². The second kappa shape index (κ2) is 5.49. The minimum Gasteiger partial charge on any atom is -0.411 e. The van der Waals surface area contributed by atoms with Crippen LogP contribution in [0.25, 0.3) is 0 Å². The first-order valence-corrected chi connectivity index (χ1v) is 5.61. The Balaban J connectivity index is 2.93. The first kappa shape index (κ1) is 16.6. The van der Waals surface area contributed by atoms with Crippen LogP contribution >= 0.6 is 0 Å². The van der Waals surface area contributed by atoms with Gasteiger partial charge in [-0.25, -0.2) is 0 Å². The maximum absolute atomic E-state index is 12.4. The number of alkyl halides is 6. The minimum absolute atomic E-state index is 0.0636. The van der Waals surface area contributed by atoms with E-state index in [1.165, 1.54) is 6.92 Å². The van der Waals surface area contributed by atoms with Gasteiger partial charge in [-0.3, -0.25) is 4.79 Å². The summed E-state index contributed by atoms with van der Waals surface area (Å²) < 4.78 is 74.6. The Kier molecular flexibility index (Phi) is 4.55. The van der Waals surface area contributed by atoms with Crippen molar-refractivity contribution in [3.8, 4) is 0 Å². The highest BCUT2D eigenvalue weighted by molar-refractivity contribution is 5.89. The molecule has 1 aliphatic rings. The van der Waals surface area contributed by atoms with Gasteiger partial charge >= 0.3 is 12.4 Å². The number of hydrogen-bond acceptors (Lipinski definition) is 3. The summed E-state index contributed by atoms with van der Waals surface area (Å²) in [6.07, 6.45) is -11.4. The highest BCUT2D eigenvalue weighted by Crippen LogP contribution is 2.40.